The average molecular weight is 492 g/mol. The molecule has 1 saturated carbocycles. The van der Waals surface area contributed by atoms with Crippen molar-refractivity contribution in [2.45, 2.75) is 50.5 Å². The fourth-order valence-corrected chi connectivity index (χ4v) is 3.79. The number of benzene rings is 1. The number of phosphoric ester groups is 1. The van der Waals surface area contributed by atoms with Crippen LogP contribution in [0.5, 0.6) is 0 Å². The highest BCUT2D eigenvalue weighted by molar-refractivity contribution is 7.46. The van der Waals surface area contributed by atoms with Gasteiger partial charge in [0.05, 0.1) is 6.61 Å². The number of ether oxygens (including phenoxy) is 1. The summed E-state index contributed by atoms with van der Waals surface area (Å²) in [5, 5.41) is 46.9. The second-order valence-electron chi connectivity index (χ2n) is 7.12. The average Bonchev–Trinajstić information content (AvgIpc) is 2.74. The lowest BCUT2D eigenvalue weighted by Crippen LogP contribution is -2.64. The Morgan fingerprint density at radius 3 is 2.03 bits per heavy atom. The van der Waals surface area contributed by atoms with Gasteiger partial charge < -0.3 is 44.5 Å². The third-order valence-corrected chi connectivity index (χ3v) is 5.40. The molecule has 1 aliphatic rings. The Balaban J connectivity index is 0.000000234. The Kier molecular flexibility index (Phi) is 8.88. The number of para-hydroxylation sites is 1. The van der Waals surface area contributed by atoms with Crippen molar-refractivity contribution in [3.8, 4) is 0 Å². The minimum Gasteiger partial charge on any atom is -0.462 e. The van der Waals surface area contributed by atoms with Crippen LogP contribution in [0.1, 0.15) is 22.8 Å². The molecule has 0 aliphatic heterocycles. The van der Waals surface area contributed by atoms with Crippen LogP contribution < -0.4 is 5.63 Å². The third-order valence-electron chi connectivity index (χ3n) is 4.88. The van der Waals surface area contributed by atoms with Crippen molar-refractivity contribution >= 4 is 24.8 Å². The largest absolute Gasteiger partial charge is 0.470 e. The zero-order valence-electron chi connectivity index (χ0n) is 17.5. The number of esters is 1. The zero-order chi connectivity index (χ0) is 25.1. The summed E-state index contributed by atoms with van der Waals surface area (Å²) in [4.78, 5) is 40.3. The normalized spacial score (nSPS) is 27.5. The van der Waals surface area contributed by atoms with Gasteiger partial charge in [0.25, 0.3) is 0 Å². The molecule has 0 unspecified atom stereocenters. The maximum absolute atomic E-state index is 11.7. The summed E-state index contributed by atoms with van der Waals surface area (Å²) in [6.45, 7) is 3.63. The van der Waals surface area contributed by atoms with Gasteiger partial charge in [-0.25, -0.2) is 14.2 Å². The molecule has 184 valence electrons. The van der Waals surface area contributed by atoms with Crippen molar-refractivity contribution in [3.05, 3.63) is 45.8 Å². The van der Waals surface area contributed by atoms with E-state index in [1.807, 2.05) is 6.07 Å². The van der Waals surface area contributed by atoms with Gasteiger partial charge in [-0.05, 0) is 25.5 Å². The van der Waals surface area contributed by atoms with Gasteiger partial charge in [0, 0.05) is 5.39 Å². The van der Waals surface area contributed by atoms with E-state index in [0.29, 0.717) is 11.1 Å². The molecule has 2 aromatic rings. The quantitative estimate of drug-likeness (QED) is 0.148. The highest BCUT2D eigenvalue weighted by Crippen LogP contribution is 2.41. The molecule has 1 aromatic carbocycles. The van der Waals surface area contributed by atoms with Gasteiger partial charge in [-0.1, -0.05) is 18.2 Å². The number of aliphatic hydroxyl groups excluding tert-OH is 5. The number of rotatable bonds is 4. The van der Waals surface area contributed by atoms with Crippen molar-refractivity contribution in [2.24, 2.45) is 0 Å². The highest BCUT2D eigenvalue weighted by atomic mass is 31.2. The molecule has 1 aliphatic carbocycles. The highest BCUT2D eigenvalue weighted by Gasteiger charge is 2.50. The van der Waals surface area contributed by atoms with Gasteiger partial charge in [-0.2, -0.15) is 0 Å². The smallest absolute Gasteiger partial charge is 0.462 e. The van der Waals surface area contributed by atoms with Crippen LogP contribution in [0, 0.1) is 6.92 Å². The van der Waals surface area contributed by atoms with Gasteiger partial charge in [0.15, 0.2) is 0 Å². The van der Waals surface area contributed by atoms with Crippen LogP contribution in [0.4, 0.5) is 0 Å². The lowest BCUT2D eigenvalue weighted by molar-refractivity contribution is -0.219. The number of hydrogen-bond donors (Lipinski definition) is 7. The molecule has 3 rings (SSSR count). The number of aryl methyl sites for hydroxylation is 1. The monoisotopic (exact) mass is 492 g/mol. The number of fused-ring (bicyclic) bond motifs is 1. The Bertz CT molecular complexity index is 1060. The molecule has 1 aromatic heterocycles. The van der Waals surface area contributed by atoms with E-state index in [0.717, 1.165) is 5.39 Å². The molecule has 0 saturated heterocycles. The zero-order valence-corrected chi connectivity index (χ0v) is 18.4. The molecule has 0 bridgehead atoms. The van der Waals surface area contributed by atoms with E-state index in [4.69, 9.17) is 24.0 Å². The molecule has 1 fully saturated rings. The van der Waals surface area contributed by atoms with Gasteiger partial charge in [-0.15, -0.1) is 0 Å². The Morgan fingerprint density at radius 2 is 1.52 bits per heavy atom. The SMILES string of the molecule is CCOC(=O)c1c(C)c2ccccc2oc1=O.O=P(O)(O)O[C@@H]1[C@@H](O)[C@H](O)[C@@H](O)[C@H](O)[C@@H]1O. The predicted octanol–water partition coefficient (Wildman–Crippen LogP) is -1.44. The fraction of sp³-hybridized carbons (Fsp3) is 0.474. The van der Waals surface area contributed by atoms with Gasteiger partial charge >= 0.3 is 19.4 Å². The van der Waals surface area contributed by atoms with Crippen molar-refractivity contribution < 1.29 is 58.4 Å². The molecule has 6 atom stereocenters. The van der Waals surface area contributed by atoms with Crippen molar-refractivity contribution in [1.82, 2.24) is 0 Å². The van der Waals surface area contributed by atoms with Crippen LogP contribution in [0.3, 0.4) is 0 Å². The Hall–Kier alpha value is -2.19. The summed E-state index contributed by atoms with van der Waals surface area (Å²) < 4.78 is 24.5. The number of carbonyl (C=O) groups is 1. The molecule has 0 amide bonds. The fourth-order valence-electron chi connectivity index (χ4n) is 3.22. The lowest BCUT2D eigenvalue weighted by Gasteiger charge is -2.41. The van der Waals surface area contributed by atoms with Crippen molar-refractivity contribution in [2.75, 3.05) is 6.61 Å². The molecule has 33 heavy (non-hydrogen) atoms. The number of carbonyl (C=O) groups excluding carboxylic acids is 1. The van der Waals surface area contributed by atoms with Gasteiger partial charge in [0.1, 0.15) is 47.8 Å². The van der Waals surface area contributed by atoms with Crippen LogP contribution in [0.2, 0.25) is 0 Å². The lowest BCUT2D eigenvalue weighted by atomic mass is 9.85. The van der Waals surface area contributed by atoms with Crippen LogP contribution >= 0.6 is 7.82 Å². The molecule has 1 heterocycles. The number of phosphoric acid groups is 1. The molecule has 14 heteroatoms. The summed E-state index contributed by atoms with van der Waals surface area (Å²) in [6.07, 6.45) is -11.3. The standard InChI is InChI=1S/C13H12O4.C6H13O9P/c1-3-16-12(14)11-8(2)9-6-4-5-7-10(9)17-13(11)15;7-1-2(8)4(10)6(5(11)3(1)9)15-16(12,13)14/h4-7H,3H2,1-2H3;1-11H,(H2,12,13,14)/t;1-,2-,3+,4-,5-,6-/m.0/s1. The summed E-state index contributed by atoms with van der Waals surface area (Å²) >= 11 is 0. The van der Waals surface area contributed by atoms with E-state index >= 15 is 0 Å². The van der Waals surface area contributed by atoms with E-state index in [-0.39, 0.29) is 12.2 Å². The molecular weight excluding hydrogens is 467 g/mol. The molecular formula is C19H25O13P. The van der Waals surface area contributed by atoms with Crippen LogP contribution in [0.15, 0.2) is 33.5 Å². The molecule has 0 radical (unpaired) electrons. The van der Waals surface area contributed by atoms with Crippen LogP contribution in [-0.4, -0.2) is 84.5 Å². The van der Waals surface area contributed by atoms with Gasteiger partial charge in [-0.3, -0.25) is 4.52 Å². The Morgan fingerprint density at radius 1 is 1.00 bits per heavy atom. The topological polar surface area (TPSA) is 224 Å². The van der Waals surface area contributed by atoms with E-state index in [2.05, 4.69) is 4.52 Å². The summed E-state index contributed by atoms with van der Waals surface area (Å²) in [5.41, 5.74) is 0.392. The first-order chi connectivity index (χ1) is 15.3. The number of hydrogen-bond acceptors (Lipinski definition) is 11. The van der Waals surface area contributed by atoms with Crippen molar-refractivity contribution in [3.63, 3.8) is 0 Å². The minimum absolute atomic E-state index is 0.0226. The molecule has 0 spiro atoms. The second-order valence-corrected chi connectivity index (χ2v) is 8.31. The molecule has 7 N–H and O–H groups in total. The first kappa shape index (κ1) is 27.1. The maximum Gasteiger partial charge on any atom is 0.470 e. The molecule has 13 nitrogen and oxygen atoms in total. The van der Waals surface area contributed by atoms with E-state index in [1.54, 1.807) is 32.0 Å². The third kappa shape index (κ3) is 6.23. The second kappa shape index (κ2) is 10.8. The summed E-state index contributed by atoms with van der Waals surface area (Å²) in [7, 11) is -5.01. The van der Waals surface area contributed by atoms with Crippen molar-refractivity contribution in [1.29, 1.82) is 0 Å². The Labute approximate surface area is 186 Å². The van der Waals surface area contributed by atoms with Gasteiger partial charge in [0.2, 0.25) is 0 Å². The number of aliphatic hydroxyl groups is 5. The maximum atomic E-state index is 11.7. The van der Waals surface area contributed by atoms with E-state index < -0.39 is 56.0 Å². The van der Waals surface area contributed by atoms with E-state index in [1.165, 1.54) is 0 Å². The minimum atomic E-state index is -5.01. The van der Waals surface area contributed by atoms with Crippen LogP contribution in [-0.2, 0) is 13.8 Å². The first-order valence-electron chi connectivity index (χ1n) is 9.64. The summed E-state index contributed by atoms with van der Waals surface area (Å²) in [6, 6.07) is 7.09. The first-order valence-corrected chi connectivity index (χ1v) is 11.2. The van der Waals surface area contributed by atoms with E-state index in [9.17, 15) is 34.6 Å². The summed E-state index contributed by atoms with van der Waals surface area (Å²) in [5.74, 6) is -0.635. The van der Waals surface area contributed by atoms with Crippen LogP contribution in [0.25, 0.3) is 11.0 Å². The predicted molar refractivity (Wildman–Crippen MR) is 110 cm³/mol.